The van der Waals surface area contributed by atoms with E-state index >= 15 is 0 Å². The zero-order valence-corrected chi connectivity index (χ0v) is 8.39. The van der Waals surface area contributed by atoms with E-state index in [4.69, 9.17) is 4.74 Å². The molecule has 2 heteroatoms. The molecule has 0 amide bonds. The van der Waals surface area contributed by atoms with Gasteiger partial charge in [-0.3, -0.25) is 0 Å². The third-order valence-corrected chi connectivity index (χ3v) is 2.89. The molecule has 0 aromatic heterocycles. The summed E-state index contributed by atoms with van der Waals surface area (Å²) in [6, 6.07) is 9.94. The van der Waals surface area contributed by atoms with Crippen molar-refractivity contribution >= 4 is 0 Å². The number of ether oxygens (including phenoxy) is 1. The minimum Gasteiger partial charge on any atom is -0.390 e. The lowest BCUT2D eigenvalue weighted by Crippen LogP contribution is -2.33. The summed E-state index contributed by atoms with van der Waals surface area (Å²) in [5.74, 6) is 0.328. The van der Waals surface area contributed by atoms with Crippen LogP contribution in [0.5, 0.6) is 0 Å². The second-order valence-corrected chi connectivity index (χ2v) is 3.96. The van der Waals surface area contributed by atoms with Crippen molar-refractivity contribution in [3.63, 3.8) is 0 Å². The number of rotatable bonds is 1. The Morgan fingerprint density at radius 3 is 2.71 bits per heavy atom. The third-order valence-electron chi connectivity index (χ3n) is 2.89. The number of hydrogen-bond acceptors (Lipinski definition) is 2. The van der Waals surface area contributed by atoms with E-state index in [-0.39, 0.29) is 12.2 Å². The Bertz CT molecular complexity index is 284. The van der Waals surface area contributed by atoms with E-state index in [9.17, 15) is 5.11 Å². The number of aliphatic hydroxyl groups is 1. The van der Waals surface area contributed by atoms with Gasteiger partial charge in [-0.2, -0.15) is 0 Å². The van der Waals surface area contributed by atoms with Crippen molar-refractivity contribution in [2.45, 2.75) is 25.6 Å². The summed E-state index contributed by atoms with van der Waals surface area (Å²) in [7, 11) is 0. The van der Waals surface area contributed by atoms with Gasteiger partial charge in [-0.1, -0.05) is 37.3 Å². The molecule has 0 spiro atoms. The predicted molar refractivity (Wildman–Crippen MR) is 54.9 cm³/mol. The highest BCUT2D eigenvalue weighted by atomic mass is 16.5. The summed E-state index contributed by atoms with van der Waals surface area (Å²) < 4.78 is 5.60. The van der Waals surface area contributed by atoms with Crippen molar-refractivity contribution in [3.05, 3.63) is 35.9 Å². The largest absolute Gasteiger partial charge is 0.390 e. The summed E-state index contributed by atoms with van der Waals surface area (Å²) in [6.07, 6.45) is 0.441. The van der Waals surface area contributed by atoms with Crippen molar-refractivity contribution in [3.8, 4) is 0 Å². The van der Waals surface area contributed by atoms with Gasteiger partial charge in [0.25, 0.3) is 0 Å². The molecule has 0 saturated carbocycles. The molecule has 0 bridgehead atoms. The first-order valence-electron chi connectivity index (χ1n) is 5.13. The average Bonchev–Trinajstić information content (AvgIpc) is 2.23. The zero-order valence-electron chi connectivity index (χ0n) is 8.39. The van der Waals surface area contributed by atoms with Gasteiger partial charge in [-0.15, -0.1) is 0 Å². The third kappa shape index (κ3) is 1.81. The lowest BCUT2D eigenvalue weighted by Gasteiger charge is -2.33. The smallest absolute Gasteiger partial charge is 0.109 e. The van der Waals surface area contributed by atoms with Crippen LogP contribution < -0.4 is 0 Å². The maximum absolute atomic E-state index is 9.97. The molecule has 14 heavy (non-hydrogen) atoms. The molecule has 2 nitrogen and oxygen atoms in total. The van der Waals surface area contributed by atoms with E-state index in [0.717, 1.165) is 18.6 Å². The van der Waals surface area contributed by atoms with Crippen LogP contribution >= 0.6 is 0 Å². The van der Waals surface area contributed by atoms with Crippen LogP contribution in [0, 0.1) is 5.92 Å². The molecule has 1 fully saturated rings. The molecule has 76 valence electrons. The highest BCUT2D eigenvalue weighted by Crippen LogP contribution is 2.31. The van der Waals surface area contributed by atoms with E-state index in [1.54, 1.807) is 0 Å². The minimum absolute atomic E-state index is 0.139. The lowest BCUT2D eigenvalue weighted by atomic mass is 9.90. The molecule has 3 atom stereocenters. The van der Waals surface area contributed by atoms with Crippen molar-refractivity contribution in [1.82, 2.24) is 0 Å². The van der Waals surface area contributed by atoms with Gasteiger partial charge in [0, 0.05) is 6.61 Å². The Kier molecular flexibility index (Phi) is 2.85. The van der Waals surface area contributed by atoms with E-state index in [1.165, 1.54) is 0 Å². The van der Waals surface area contributed by atoms with Crippen molar-refractivity contribution in [1.29, 1.82) is 0 Å². The molecule has 1 aromatic carbocycles. The SMILES string of the molecule is CC1CCO[C@@H](c2ccccc2)[C@@H]1O. The van der Waals surface area contributed by atoms with Crippen molar-refractivity contribution in [2.75, 3.05) is 6.61 Å². The second-order valence-electron chi connectivity index (χ2n) is 3.96. The summed E-state index contributed by atoms with van der Waals surface area (Å²) in [5, 5.41) is 9.97. The van der Waals surface area contributed by atoms with Crippen LogP contribution in [0.1, 0.15) is 25.0 Å². The summed E-state index contributed by atoms with van der Waals surface area (Å²) in [5.41, 5.74) is 1.08. The van der Waals surface area contributed by atoms with Crippen LogP contribution in [0.3, 0.4) is 0 Å². The fraction of sp³-hybridized carbons (Fsp3) is 0.500. The van der Waals surface area contributed by atoms with Gasteiger partial charge < -0.3 is 9.84 Å². The first-order chi connectivity index (χ1) is 6.79. The monoisotopic (exact) mass is 192 g/mol. The van der Waals surface area contributed by atoms with Gasteiger partial charge in [0.05, 0.1) is 6.10 Å². The summed E-state index contributed by atoms with van der Waals surface area (Å²) in [4.78, 5) is 0. The van der Waals surface area contributed by atoms with Gasteiger partial charge in [-0.25, -0.2) is 0 Å². The highest BCUT2D eigenvalue weighted by Gasteiger charge is 2.30. The number of hydrogen-bond donors (Lipinski definition) is 1. The Labute approximate surface area is 84.5 Å². The molecular weight excluding hydrogens is 176 g/mol. The molecule has 1 saturated heterocycles. The van der Waals surface area contributed by atoms with Gasteiger partial charge >= 0.3 is 0 Å². The molecule has 1 unspecified atom stereocenters. The second kappa shape index (κ2) is 4.11. The van der Waals surface area contributed by atoms with E-state index in [1.807, 2.05) is 30.3 Å². The van der Waals surface area contributed by atoms with Gasteiger partial charge in [0.15, 0.2) is 0 Å². The lowest BCUT2D eigenvalue weighted by molar-refractivity contribution is -0.103. The molecule has 1 aliphatic rings. The molecule has 1 N–H and O–H groups in total. The molecule has 0 radical (unpaired) electrons. The maximum Gasteiger partial charge on any atom is 0.109 e. The van der Waals surface area contributed by atoms with Crippen LogP contribution in [-0.2, 0) is 4.74 Å². The summed E-state index contributed by atoms with van der Waals surface area (Å²) >= 11 is 0. The van der Waals surface area contributed by atoms with Crippen LogP contribution in [0.15, 0.2) is 30.3 Å². The standard InChI is InChI=1S/C12H16O2/c1-9-7-8-14-12(11(9)13)10-5-3-2-4-6-10/h2-6,9,11-13H,7-8H2,1H3/t9?,11-,12+/m1/s1. The van der Waals surface area contributed by atoms with E-state index in [2.05, 4.69) is 6.92 Å². The van der Waals surface area contributed by atoms with Gasteiger partial charge in [-0.05, 0) is 17.9 Å². The molecule has 0 aliphatic carbocycles. The van der Waals surface area contributed by atoms with E-state index < -0.39 is 0 Å². The Morgan fingerprint density at radius 1 is 1.29 bits per heavy atom. The molecular formula is C12H16O2. The average molecular weight is 192 g/mol. The quantitative estimate of drug-likeness (QED) is 0.738. The van der Waals surface area contributed by atoms with Crippen LogP contribution in [0.4, 0.5) is 0 Å². The first kappa shape index (κ1) is 9.69. The topological polar surface area (TPSA) is 29.5 Å². The predicted octanol–water partition coefficient (Wildman–Crippen LogP) is 2.15. The van der Waals surface area contributed by atoms with Crippen molar-refractivity contribution in [2.24, 2.45) is 5.92 Å². The molecule has 1 aliphatic heterocycles. The first-order valence-corrected chi connectivity index (χ1v) is 5.13. The molecule has 1 heterocycles. The molecule has 1 aromatic rings. The van der Waals surface area contributed by atoms with Gasteiger partial charge in [0.2, 0.25) is 0 Å². The minimum atomic E-state index is -0.369. The number of benzene rings is 1. The summed E-state index contributed by atoms with van der Waals surface area (Å²) in [6.45, 7) is 2.82. The van der Waals surface area contributed by atoms with Crippen LogP contribution in [-0.4, -0.2) is 17.8 Å². The van der Waals surface area contributed by atoms with Crippen LogP contribution in [0.25, 0.3) is 0 Å². The molecule has 2 rings (SSSR count). The zero-order chi connectivity index (χ0) is 9.97. The van der Waals surface area contributed by atoms with Crippen LogP contribution in [0.2, 0.25) is 0 Å². The Balaban J connectivity index is 2.17. The van der Waals surface area contributed by atoms with Gasteiger partial charge in [0.1, 0.15) is 6.10 Å². The Morgan fingerprint density at radius 2 is 2.00 bits per heavy atom. The van der Waals surface area contributed by atoms with Crippen molar-refractivity contribution < 1.29 is 9.84 Å². The van der Waals surface area contributed by atoms with E-state index in [0.29, 0.717) is 5.92 Å². The highest BCUT2D eigenvalue weighted by molar-refractivity contribution is 5.19. The maximum atomic E-state index is 9.97. The number of aliphatic hydroxyl groups excluding tert-OH is 1. The Hall–Kier alpha value is -0.860. The fourth-order valence-corrected chi connectivity index (χ4v) is 1.88. The fourth-order valence-electron chi connectivity index (χ4n) is 1.88. The normalized spacial score (nSPS) is 32.9.